The van der Waals surface area contributed by atoms with Gasteiger partial charge in [-0.2, -0.15) is 18.3 Å². The second-order valence-electron chi connectivity index (χ2n) is 10.5. The third-order valence-electron chi connectivity index (χ3n) is 7.55. The van der Waals surface area contributed by atoms with Gasteiger partial charge in [0.25, 0.3) is 0 Å². The quantitative estimate of drug-likeness (QED) is 0.345. The Morgan fingerprint density at radius 1 is 1.02 bits per heavy atom. The molecule has 2 aromatic heterocycles. The molecule has 0 spiro atoms. The normalized spacial score (nSPS) is 14.7. The van der Waals surface area contributed by atoms with E-state index in [0.29, 0.717) is 37.6 Å². The minimum Gasteiger partial charge on any atom is -0.338 e. The highest BCUT2D eigenvalue weighted by Gasteiger charge is 2.33. The van der Waals surface area contributed by atoms with Crippen molar-refractivity contribution in [2.24, 2.45) is 0 Å². The maximum atomic E-state index is 13.9. The summed E-state index contributed by atoms with van der Waals surface area (Å²) in [6, 6.07) is 10.3. The summed E-state index contributed by atoms with van der Waals surface area (Å²) in [6.07, 6.45) is -3.21. The summed E-state index contributed by atoms with van der Waals surface area (Å²) in [5, 5.41) is 6.96. The monoisotopic (exact) mass is 606 g/mol. The standard InChI is InChI=1S/C30H29F3N8O3/c1-19(27(42)38-16-14-37(4)15-17-38)36-28(43)40-26(25-12-13-35-41(25)23-10-8-22(34-3)9-11-23)20(2)39(29(40)44)24-7-5-6-21(18-24)30(31,32)33/h5-13,18-19H,14-17H2,1-2,4H3,(H,36,43)/t19-/m0/s1. The van der Waals surface area contributed by atoms with Crippen molar-refractivity contribution < 1.29 is 22.8 Å². The number of alkyl halides is 3. The smallest absolute Gasteiger partial charge is 0.338 e. The number of nitrogens with zero attached hydrogens (tertiary/aromatic N) is 7. The molecule has 1 atom stereocenters. The molecule has 0 radical (unpaired) electrons. The number of rotatable bonds is 5. The van der Waals surface area contributed by atoms with Crippen LogP contribution in [0.15, 0.2) is 65.6 Å². The van der Waals surface area contributed by atoms with Crippen molar-refractivity contribution in [3.05, 3.63) is 94.0 Å². The lowest BCUT2D eigenvalue weighted by molar-refractivity contribution is -0.137. The van der Waals surface area contributed by atoms with Gasteiger partial charge in [0, 0.05) is 26.2 Å². The number of imidazole rings is 1. The van der Waals surface area contributed by atoms with Gasteiger partial charge in [0.2, 0.25) is 5.91 Å². The Morgan fingerprint density at radius 2 is 1.70 bits per heavy atom. The lowest BCUT2D eigenvalue weighted by Crippen LogP contribution is -2.54. The first-order chi connectivity index (χ1) is 20.9. The van der Waals surface area contributed by atoms with Crippen molar-refractivity contribution in [2.45, 2.75) is 26.1 Å². The Balaban J connectivity index is 1.62. The van der Waals surface area contributed by atoms with E-state index >= 15 is 0 Å². The van der Waals surface area contributed by atoms with Crippen molar-refractivity contribution >= 4 is 17.6 Å². The molecule has 1 aliphatic rings. The average molecular weight is 607 g/mol. The summed E-state index contributed by atoms with van der Waals surface area (Å²) in [5.41, 5.74) is -0.552. The van der Waals surface area contributed by atoms with Gasteiger partial charge in [0.05, 0.1) is 41.1 Å². The van der Waals surface area contributed by atoms with Gasteiger partial charge in [0.1, 0.15) is 11.7 Å². The van der Waals surface area contributed by atoms with Crippen LogP contribution in [0.25, 0.3) is 27.6 Å². The first-order valence-electron chi connectivity index (χ1n) is 13.7. The van der Waals surface area contributed by atoms with Crippen LogP contribution in [0.1, 0.15) is 18.2 Å². The maximum Gasteiger partial charge on any atom is 0.416 e. The van der Waals surface area contributed by atoms with Gasteiger partial charge in [-0.3, -0.25) is 9.36 Å². The van der Waals surface area contributed by atoms with E-state index in [1.807, 2.05) is 7.05 Å². The number of benzene rings is 2. The Labute approximate surface area is 250 Å². The summed E-state index contributed by atoms with van der Waals surface area (Å²) < 4.78 is 44.0. The van der Waals surface area contributed by atoms with Gasteiger partial charge in [-0.05, 0) is 57.3 Å². The molecule has 2 aromatic carbocycles. The van der Waals surface area contributed by atoms with Crippen LogP contribution in [0.4, 0.5) is 23.7 Å². The van der Waals surface area contributed by atoms with E-state index in [2.05, 4.69) is 20.2 Å². The van der Waals surface area contributed by atoms with E-state index in [0.717, 1.165) is 21.3 Å². The summed E-state index contributed by atoms with van der Waals surface area (Å²) in [4.78, 5) is 48.0. The Hall–Kier alpha value is -5.16. The number of nitrogens with one attached hydrogen (secondary N) is 1. The average Bonchev–Trinajstić information content (AvgIpc) is 3.58. The molecule has 1 fully saturated rings. The van der Waals surface area contributed by atoms with E-state index in [1.54, 1.807) is 35.2 Å². The van der Waals surface area contributed by atoms with Crippen LogP contribution in [-0.4, -0.2) is 79.9 Å². The van der Waals surface area contributed by atoms with Crippen LogP contribution in [0.5, 0.6) is 0 Å². The highest BCUT2D eigenvalue weighted by Crippen LogP contribution is 2.32. The molecule has 44 heavy (non-hydrogen) atoms. The first-order valence-corrected chi connectivity index (χ1v) is 13.7. The predicted molar refractivity (Wildman–Crippen MR) is 156 cm³/mol. The SMILES string of the molecule is [C-]#[N+]c1ccc(-n2nccc2-c2c(C)n(-c3cccc(C(F)(F)F)c3)c(=O)n2C(=O)N[C@@H](C)C(=O)N2CCN(C)CC2)cc1. The van der Waals surface area contributed by atoms with Crippen molar-refractivity contribution in [1.29, 1.82) is 0 Å². The molecule has 14 heteroatoms. The summed E-state index contributed by atoms with van der Waals surface area (Å²) in [5.74, 6) is -0.319. The molecule has 5 rings (SSSR count). The van der Waals surface area contributed by atoms with Crippen LogP contribution in [0, 0.1) is 13.5 Å². The fraction of sp³-hybridized carbons (Fsp3) is 0.300. The molecule has 0 saturated carbocycles. The zero-order valence-electron chi connectivity index (χ0n) is 24.2. The summed E-state index contributed by atoms with van der Waals surface area (Å²) in [7, 11) is 1.95. The van der Waals surface area contributed by atoms with E-state index in [9.17, 15) is 27.6 Å². The number of hydrogen-bond acceptors (Lipinski definition) is 5. The lowest BCUT2D eigenvalue weighted by atomic mass is 10.2. The number of halogens is 3. The third kappa shape index (κ3) is 5.73. The second kappa shape index (κ2) is 11.8. The Bertz CT molecular complexity index is 1810. The molecule has 1 saturated heterocycles. The number of likely N-dealkylation sites (N-methyl/N-ethyl adjacent to an activating group) is 1. The summed E-state index contributed by atoms with van der Waals surface area (Å²) in [6.45, 7) is 12.6. The molecule has 11 nitrogen and oxygen atoms in total. The Kier molecular flexibility index (Phi) is 8.16. The maximum absolute atomic E-state index is 13.9. The predicted octanol–water partition coefficient (Wildman–Crippen LogP) is 4.09. The highest BCUT2D eigenvalue weighted by molar-refractivity contribution is 5.89. The largest absolute Gasteiger partial charge is 0.416 e. The zero-order valence-corrected chi connectivity index (χ0v) is 24.2. The van der Waals surface area contributed by atoms with Crippen molar-refractivity contribution in [3.63, 3.8) is 0 Å². The van der Waals surface area contributed by atoms with Gasteiger partial charge >= 0.3 is 17.9 Å². The molecule has 1 aliphatic heterocycles. The molecule has 0 bridgehead atoms. The fourth-order valence-corrected chi connectivity index (χ4v) is 5.19. The van der Waals surface area contributed by atoms with Crippen LogP contribution >= 0.6 is 0 Å². The van der Waals surface area contributed by atoms with E-state index < -0.39 is 29.5 Å². The number of piperazine rings is 1. The zero-order chi connectivity index (χ0) is 31.8. The van der Waals surface area contributed by atoms with Crippen LogP contribution in [0.3, 0.4) is 0 Å². The number of carbonyl (C=O) groups is 2. The molecular weight excluding hydrogens is 577 g/mol. The minimum absolute atomic E-state index is 0.0657. The van der Waals surface area contributed by atoms with E-state index in [-0.39, 0.29) is 28.7 Å². The van der Waals surface area contributed by atoms with Gasteiger partial charge in [-0.1, -0.05) is 18.2 Å². The second-order valence-corrected chi connectivity index (χ2v) is 10.5. The van der Waals surface area contributed by atoms with Gasteiger partial charge < -0.3 is 15.1 Å². The van der Waals surface area contributed by atoms with Gasteiger partial charge in [-0.25, -0.2) is 23.7 Å². The minimum atomic E-state index is -4.66. The summed E-state index contributed by atoms with van der Waals surface area (Å²) >= 11 is 0. The van der Waals surface area contributed by atoms with Gasteiger partial charge in [0.15, 0.2) is 5.69 Å². The molecule has 3 heterocycles. The third-order valence-corrected chi connectivity index (χ3v) is 7.55. The van der Waals surface area contributed by atoms with Crippen molar-refractivity contribution in [3.8, 4) is 22.8 Å². The first kappa shape index (κ1) is 30.3. The van der Waals surface area contributed by atoms with E-state index in [4.69, 9.17) is 6.57 Å². The topological polar surface area (TPSA) is 102 Å². The number of aromatic nitrogens is 4. The van der Waals surface area contributed by atoms with Crippen LogP contribution < -0.4 is 11.0 Å². The van der Waals surface area contributed by atoms with E-state index in [1.165, 1.54) is 36.9 Å². The molecule has 1 N–H and O–H groups in total. The fourth-order valence-electron chi connectivity index (χ4n) is 5.19. The van der Waals surface area contributed by atoms with Crippen LogP contribution in [-0.2, 0) is 11.0 Å². The Morgan fingerprint density at radius 3 is 2.34 bits per heavy atom. The molecular formula is C30H29F3N8O3. The van der Waals surface area contributed by atoms with Gasteiger partial charge in [-0.15, -0.1) is 0 Å². The van der Waals surface area contributed by atoms with Crippen LogP contribution in [0.2, 0.25) is 0 Å². The van der Waals surface area contributed by atoms with Crippen molar-refractivity contribution in [1.82, 2.24) is 34.0 Å². The molecule has 4 aromatic rings. The number of carbonyl (C=O) groups excluding carboxylic acids is 2. The number of hydrogen-bond donors (Lipinski definition) is 1. The molecule has 0 aliphatic carbocycles. The molecule has 0 unspecified atom stereocenters. The molecule has 228 valence electrons. The molecule has 2 amide bonds. The lowest BCUT2D eigenvalue weighted by Gasteiger charge is -2.34. The van der Waals surface area contributed by atoms with Crippen molar-refractivity contribution in [2.75, 3.05) is 33.2 Å². The number of amides is 2. The highest BCUT2D eigenvalue weighted by atomic mass is 19.4.